The standard InChI is InChI=1S/C44H55N13O10.C4H11N3.C4H10/c1-25(58)49-22-38(61)53-32-14-16-48-37(60)12-11-36(59)47-15-13-31(42(65)55-33(40(45)63)18-27-20-50-30-10-6-5-9-29(27)30)54-39(62)23-51-41(64)34(17-26-7-3-2-4-8-26)56-44(67)35(57-43(32)66)19-28-21-46-24-52-28;1-2-3-7-4(5)6;1-3-4-2/h2-10,20-21,24,31-35,50H,11-19,22-23H2,1H3,(H2,45,63)(H,46,52)(H,47,59)(H,48,60)(H,49,58)(H,51,64)(H,53,61)(H,54,62)(H,55,65)(H,56,67)(H,57,66);2-3H2,1H3,(H4,5,6,7);3-4H2,1-2H3/t31?,32?,33-,34?,35-;;/m0../s1. The summed E-state index contributed by atoms with van der Waals surface area (Å²) in [5, 5.41) is 23.8. The van der Waals surface area contributed by atoms with Crippen LogP contribution in [0, 0.1) is 0 Å². The van der Waals surface area contributed by atoms with Gasteiger partial charge < -0.3 is 75.0 Å². The largest absolute Gasteiger partial charge is 0.370 e. The number of hydrogen-bond donors (Lipinski definition) is 14. The van der Waals surface area contributed by atoms with Gasteiger partial charge in [-0.15, -0.1) is 0 Å². The highest BCUT2D eigenvalue weighted by atomic mass is 16.2. The van der Waals surface area contributed by atoms with Gasteiger partial charge in [0.25, 0.3) is 0 Å². The first-order chi connectivity index (χ1) is 37.3. The fraction of sp³-hybridized carbons (Fsp3) is 0.462. The topological polar surface area (TPSA) is 414 Å². The van der Waals surface area contributed by atoms with Crippen LogP contribution in [0.5, 0.6) is 0 Å². The highest BCUT2D eigenvalue weighted by molar-refractivity contribution is 5.97. The maximum atomic E-state index is 14.1. The van der Waals surface area contributed by atoms with E-state index in [1.807, 2.05) is 31.2 Å². The highest BCUT2D eigenvalue weighted by Crippen LogP contribution is 2.19. The molecule has 4 aromatic rings. The van der Waals surface area contributed by atoms with Crippen LogP contribution in [-0.4, -0.2) is 143 Å². The van der Waals surface area contributed by atoms with Crippen molar-refractivity contribution in [2.45, 2.75) is 122 Å². The third kappa shape index (κ3) is 24.2. The molecule has 5 atom stereocenters. The van der Waals surface area contributed by atoms with Crippen LogP contribution >= 0.6 is 0 Å². The molecule has 0 aliphatic carbocycles. The summed E-state index contributed by atoms with van der Waals surface area (Å²) in [6.07, 6.45) is 6.93. The van der Waals surface area contributed by atoms with Crippen molar-refractivity contribution in [3.05, 3.63) is 90.1 Å². The van der Waals surface area contributed by atoms with Gasteiger partial charge >= 0.3 is 0 Å². The maximum absolute atomic E-state index is 14.1. The molecule has 1 fully saturated rings. The molecule has 3 heterocycles. The number of aromatic amines is 2. The van der Waals surface area contributed by atoms with Crippen LogP contribution in [-0.2, 0) is 67.2 Å². The van der Waals surface area contributed by atoms with Crippen LogP contribution in [0.3, 0.4) is 0 Å². The van der Waals surface area contributed by atoms with Crippen molar-refractivity contribution in [1.29, 1.82) is 0 Å². The minimum Gasteiger partial charge on any atom is -0.370 e. The van der Waals surface area contributed by atoms with Crippen molar-refractivity contribution in [2.24, 2.45) is 22.2 Å². The molecule has 0 saturated carbocycles. The second-order valence-corrected chi connectivity index (χ2v) is 18.1. The van der Waals surface area contributed by atoms with Gasteiger partial charge in [-0.3, -0.25) is 52.9 Å². The first kappa shape index (κ1) is 63.5. The summed E-state index contributed by atoms with van der Waals surface area (Å²) in [5.74, 6) is -7.21. The highest BCUT2D eigenvalue weighted by Gasteiger charge is 2.32. The van der Waals surface area contributed by atoms with Gasteiger partial charge in [-0.2, -0.15) is 0 Å². The van der Waals surface area contributed by atoms with E-state index in [0.29, 0.717) is 16.8 Å². The molecule has 78 heavy (non-hydrogen) atoms. The van der Waals surface area contributed by atoms with Crippen molar-refractivity contribution in [3.8, 4) is 0 Å². The number of aromatic nitrogens is 3. The number of aliphatic imine (C=N–C) groups is 1. The average Bonchev–Trinajstić information content (AvgIpc) is 4.11. The lowest BCUT2D eigenvalue weighted by atomic mass is 10.0. The number of nitrogens with two attached hydrogens (primary N) is 3. The van der Waals surface area contributed by atoms with E-state index in [-0.39, 0.29) is 64.0 Å². The van der Waals surface area contributed by atoms with E-state index in [1.54, 1.807) is 36.5 Å². The molecule has 5 rings (SSSR count). The molecular weight excluding hydrogens is 1010 g/mol. The smallest absolute Gasteiger partial charge is 0.243 e. The normalized spacial score (nSPS) is 18.4. The maximum Gasteiger partial charge on any atom is 0.243 e. The minimum absolute atomic E-state index is 0.00938. The molecule has 1 aliphatic rings. The molecule has 0 spiro atoms. The lowest BCUT2D eigenvalue weighted by Crippen LogP contribution is -2.59. The number of guanidine groups is 1. The number of carbonyl (C=O) groups excluding carboxylic acids is 10. The van der Waals surface area contributed by atoms with Crippen LogP contribution in [0.1, 0.15) is 89.5 Å². The summed E-state index contributed by atoms with van der Waals surface area (Å²) in [7, 11) is 0. The van der Waals surface area contributed by atoms with E-state index < -0.39 is 102 Å². The molecule has 1 aliphatic heterocycles. The predicted octanol–water partition coefficient (Wildman–Crippen LogP) is -1.64. The zero-order chi connectivity index (χ0) is 57.4. The summed E-state index contributed by atoms with van der Waals surface area (Å²) in [6.45, 7) is 6.82. The summed E-state index contributed by atoms with van der Waals surface area (Å²) < 4.78 is 0. The lowest BCUT2D eigenvalue weighted by Gasteiger charge is -2.25. The Labute approximate surface area is 452 Å². The quantitative estimate of drug-likeness (QED) is 0.0470. The second kappa shape index (κ2) is 34.7. The molecule has 1 saturated heterocycles. The van der Waals surface area contributed by atoms with Crippen LogP contribution in [0.15, 0.2) is 78.3 Å². The Morgan fingerprint density at radius 1 is 0.731 bits per heavy atom. The molecule has 10 amide bonds. The van der Waals surface area contributed by atoms with Crippen molar-refractivity contribution < 1.29 is 47.9 Å². The molecule has 0 radical (unpaired) electrons. The monoisotopic (exact) mass is 1080 g/mol. The van der Waals surface area contributed by atoms with E-state index >= 15 is 0 Å². The Kier molecular flexibility index (Phi) is 28.2. The fourth-order valence-electron chi connectivity index (χ4n) is 7.32. The number of unbranched alkanes of at least 4 members (excludes halogenated alkanes) is 1. The summed E-state index contributed by atoms with van der Waals surface area (Å²) in [5.41, 5.74) is 18.3. The van der Waals surface area contributed by atoms with Crippen LogP contribution < -0.4 is 65.1 Å². The number of fused-ring (bicyclic) bond motifs is 1. The number of amides is 10. The van der Waals surface area contributed by atoms with Gasteiger partial charge in [0.05, 0.1) is 19.4 Å². The molecule has 17 N–H and O–H groups in total. The van der Waals surface area contributed by atoms with E-state index in [1.165, 1.54) is 32.3 Å². The Hall–Kier alpha value is -8.84. The van der Waals surface area contributed by atoms with E-state index in [9.17, 15) is 47.9 Å². The molecule has 3 unspecified atom stereocenters. The van der Waals surface area contributed by atoms with Gasteiger partial charge in [0, 0.05) is 87.7 Å². The summed E-state index contributed by atoms with van der Waals surface area (Å²) >= 11 is 0. The van der Waals surface area contributed by atoms with Gasteiger partial charge in [-0.05, 0) is 36.5 Å². The third-order valence-corrected chi connectivity index (χ3v) is 11.6. The average molecular weight is 1090 g/mol. The Bertz CT molecular complexity index is 2620. The molecule has 2 aromatic carbocycles. The molecule has 26 nitrogen and oxygen atoms in total. The van der Waals surface area contributed by atoms with Crippen molar-refractivity contribution in [2.75, 3.05) is 32.7 Å². The third-order valence-electron chi connectivity index (χ3n) is 11.6. The number of primary amides is 1. The first-order valence-electron chi connectivity index (χ1n) is 25.8. The number of hydrogen-bond acceptors (Lipinski definition) is 12. The van der Waals surface area contributed by atoms with E-state index in [4.69, 9.17) is 17.2 Å². The number of H-pyrrole nitrogens is 2. The number of para-hydroxylation sites is 1. The van der Waals surface area contributed by atoms with Crippen molar-refractivity contribution in [3.63, 3.8) is 0 Å². The molecule has 424 valence electrons. The molecule has 26 heteroatoms. The van der Waals surface area contributed by atoms with Crippen LogP contribution in [0.2, 0.25) is 0 Å². The summed E-state index contributed by atoms with van der Waals surface area (Å²) in [4.78, 5) is 145. The first-order valence-corrected chi connectivity index (χ1v) is 25.8. The van der Waals surface area contributed by atoms with Crippen molar-refractivity contribution in [1.82, 2.24) is 62.8 Å². The fourth-order valence-corrected chi connectivity index (χ4v) is 7.32. The number of benzene rings is 2. The van der Waals surface area contributed by atoms with Gasteiger partial charge in [0.1, 0.15) is 30.2 Å². The van der Waals surface area contributed by atoms with E-state index in [2.05, 4.69) is 81.6 Å². The number of imidazole rings is 1. The lowest BCUT2D eigenvalue weighted by molar-refractivity contribution is -0.134. The van der Waals surface area contributed by atoms with Crippen LogP contribution in [0.4, 0.5) is 0 Å². The molecule has 2 aromatic heterocycles. The van der Waals surface area contributed by atoms with Gasteiger partial charge in [-0.25, -0.2) is 4.98 Å². The number of nitrogens with one attached hydrogen (secondary N) is 11. The summed E-state index contributed by atoms with van der Waals surface area (Å²) in [6, 6.07) is 9.33. The zero-order valence-corrected chi connectivity index (χ0v) is 44.6. The molecule has 0 bridgehead atoms. The number of nitrogens with zero attached hydrogens (tertiary/aromatic N) is 2. The van der Waals surface area contributed by atoms with Gasteiger partial charge in [0.15, 0.2) is 5.96 Å². The Morgan fingerprint density at radius 2 is 1.37 bits per heavy atom. The number of rotatable bonds is 15. The Balaban J connectivity index is 0.00000132. The number of carbonyl (C=O) groups is 10. The van der Waals surface area contributed by atoms with Gasteiger partial charge in [0.2, 0.25) is 59.1 Å². The van der Waals surface area contributed by atoms with Crippen LogP contribution in [0.25, 0.3) is 10.9 Å². The SMILES string of the molecule is CC(=O)NCC(=O)NC1CCNC(=O)CCC(=O)NCCC(C(=O)N[C@@H](Cc2c[nH]c3ccccc23)C(N)=O)NC(=O)CNC(=O)C(Cc2ccccc2)NC(=O)[C@H](Cc2cnc[nH]2)NC1=O.CCCC.CCCN=C(N)N. The van der Waals surface area contributed by atoms with Gasteiger partial charge in [-0.1, -0.05) is 82.1 Å². The second-order valence-electron chi connectivity index (χ2n) is 18.1. The minimum atomic E-state index is -1.38. The Morgan fingerprint density at radius 3 is 1.97 bits per heavy atom. The van der Waals surface area contributed by atoms with E-state index in [0.717, 1.165) is 23.9 Å². The zero-order valence-electron chi connectivity index (χ0n) is 44.6. The van der Waals surface area contributed by atoms with Crippen molar-refractivity contribution >= 4 is 75.9 Å². The molecular formula is C52H76N16O10. The predicted molar refractivity (Wildman–Crippen MR) is 291 cm³/mol.